The van der Waals surface area contributed by atoms with Crippen LogP contribution in [-0.2, 0) is 0 Å². The normalized spacial score (nSPS) is 11.7. The molecule has 0 amide bonds. The molecule has 0 spiro atoms. The van der Waals surface area contributed by atoms with E-state index in [-0.39, 0.29) is 11.3 Å². The van der Waals surface area contributed by atoms with Gasteiger partial charge in [0.2, 0.25) is 0 Å². The lowest BCUT2D eigenvalue weighted by Gasteiger charge is -2.12. The quantitative estimate of drug-likeness (QED) is 0.790. The Morgan fingerprint density at radius 2 is 1.85 bits per heavy atom. The lowest BCUT2D eigenvalue weighted by molar-refractivity contribution is 0.0977. The second-order valence-corrected chi connectivity index (χ2v) is 4.70. The lowest BCUT2D eigenvalue weighted by Crippen LogP contribution is -2.14. The van der Waals surface area contributed by atoms with Crippen molar-refractivity contribution in [1.82, 2.24) is 0 Å². The molecule has 0 aromatic heterocycles. The van der Waals surface area contributed by atoms with E-state index in [1.165, 1.54) is 18.2 Å². The van der Waals surface area contributed by atoms with Gasteiger partial charge in [-0.15, -0.1) is 0 Å². The molecule has 0 saturated heterocycles. The summed E-state index contributed by atoms with van der Waals surface area (Å²) in [5.74, 6) is -2.01. The third-order valence-corrected chi connectivity index (χ3v) is 3.48. The number of ketones is 1. The highest BCUT2D eigenvalue weighted by molar-refractivity contribution is 6.04. The van der Waals surface area contributed by atoms with E-state index in [0.29, 0.717) is 5.56 Å². The van der Waals surface area contributed by atoms with Crippen LogP contribution in [0.4, 0.5) is 4.39 Å². The molecule has 1 unspecified atom stereocenters. The summed E-state index contributed by atoms with van der Waals surface area (Å²) in [7, 11) is 0. The fraction of sp³-hybridized carbons (Fsp3) is 0.176. The van der Waals surface area contributed by atoms with Gasteiger partial charge in [0, 0.05) is 11.1 Å². The molecule has 2 rings (SSSR count). The third kappa shape index (κ3) is 2.46. The molecule has 2 aromatic rings. The summed E-state index contributed by atoms with van der Waals surface area (Å²) in [6.45, 7) is 3.73. The predicted molar refractivity (Wildman–Crippen MR) is 75.0 cm³/mol. The molecule has 100 valence electrons. The van der Waals surface area contributed by atoms with Crippen LogP contribution in [0.15, 0.2) is 42.5 Å². The number of halogens is 1. The number of carbonyl (C=O) groups is 1. The molecule has 2 nitrogen and oxygen atoms in total. The first kappa shape index (κ1) is 14.0. The molecule has 0 N–H and O–H groups in total. The van der Waals surface area contributed by atoms with Crippen molar-refractivity contribution in [2.24, 2.45) is 0 Å². The van der Waals surface area contributed by atoms with E-state index in [0.717, 1.165) is 11.1 Å². The fourth-order valence-corrected chi connectivity index (χ4v) is 2.15. The largest absolute Gasteiger partial charge is 0.292 e. The highest BCUT2D eigenvalue weighted by Crippen LogP contribution is 2.25. The number of rotatable bonds is 3. The van der Waals surface area contributed by atoms with Gasteiger partial charge in [0.1, 0.15) is 11.7 Å². The Bertz CT molecular complexity index is 700. The second kappa shape index (κ2) is 5.66. The van der Waals surface area contributed by atoms with Gasteiger partial charge >= 0.3 is 0 Å². The molecule has 0 aliphatic carbocycles. The van der Waals surface area contributed by atoms with Gasteiger partial charge in [-0.05, 0) is 31.0 Å². The minimum atomic E-state index is -1.11. The van der Waals surface area contributed by atoms with Gasteiger partial charge in [0.05, 0.1) is 6.07 Å². The van der Waals surface area contributed by atoms with Crippen molar-refractivity contribution in [2.45, 2.75) is 19.8 Å². The molecule has 1 atom stereocenters. The number of nitrogens with zero attached hydrogens (tertiary/aromatic N) is 1. The van der Waals surface area contributed by atoms with Crippen molar-refractivity contribution in [3.8, 4) is 6.07 Å². The van der Waals surface area contributed by atoms with Crippen LogP contribution in [0.25, 0.3) is 0 Å². The van der Waals surface area contributed by atoms with Crippen molar-refractivity contribution in [3.05, 3.63) is 70.5 Å². The van der Waals surface area contributed by atoms with Gasteiger partial charge in [-0.25, -0.2) is 4.39 Å². The fourth-order valence-electron chi connectivity index (χ4n) is 2.15. The molecule has 0 aliphatic heterocycles. The van der Waals surface area contributed by atoms with Crippen LogP contribution >= 0.6 is 0 Å². The Balaban J connectivity index is 2.49. The zero-order chi connectivity index (χ0) is 14.7. The van der Waals surface area contributed by atoms with E-state index in [9.17, 15) is 14.4 Å². The average Bonchev–Trinajstić information content (AvgIpc) is 2.44. The summed E-state index contributed by atoms with van der Waals surface area (Å²) in [6, 6.07) is 13.2. The molecule has 3 heteroatoms. The number of aryl methyl sites for hydroxylation is 1. The molecular formula is C17H14FNO. The van der Waals surface area contributed by atoms with Crippen molar-refractivity contribution < 1.29 is 9.18 Å². The third-order valence-electron chi connectivity index (χ3n) is 3.48. The van der Waals surface area contributed by atoms with Crippen LogP contribution in [0.3, 0.4) is 0 Å². The number of nitriles is 1. The van der Waals surface area contributed by atoms with Crippen LogP contribution in [-0.4, -0.2) is 5.78 Å². The van der Waals surface area contributed by atoms with E-state index >= 15 is 0 Å². The maximum atomic E-state index is 13.8. The van der Waals surface area contributed by atoms with Crippen LogP contribution < -0.4 is 0 Å². The zero-order valence-electron chi connectivity index (χ0n) is 11.4. The van der Waals surface area contributed by atoms with Crippen LogP contribution in [0, 0.1) is 31.0 Å². The summed E-state index contributed by atoms with van der Waals surface area (Å²) in [5.41, 5.74) is 2.40. The molecule has 20 heavy (non-hydrogen) atoms. The number of hydrogen-bond acceptors (Lipinski definition) is 2. The van der Waals surface area contributed by atoms with Crippen molar-refractivity contribution in [2.75, 3.05) is 0 Å². The van der Waals surface area contributed by atoms with Gasteiger partial charge < -0.3 is 0 Å². The number of benzene rings is 2. The van der Waals surface area contributed by atoms with Crippen molar-refractivity contribution in [1.29, 1.82) is 5.26 Å². The van der Waals surface area contributed by atoms with E-state index in [4.69, 9.17) is 0 Å². The van der Waals surface area contributed by atoms with Crippen molar-refractivity contribution >= 4 is 5.78 Å². The highest BCUT2D eigenvalue weighted by atomic mass is 19.1. The Kier molecular flexibility index (Phi) is 3.95. The van der Waals surface area contributed by atoms with Gasteiger partial charge in [-0.3, -0.25) is 4.79 Å². The SMILES string of the molecule is Cc1cccc(C(=O)C(C#N)c2ccccc2F)c1C. The Labute approximate surface area is 117 Å². The van der Waals surface area contributed by atoms with Crippen LogP contribution in [0.2, 0.25) is 0 Å². The minimum Gasteiger partial charge on any atom is -0.292 e. The summed E-state index contributed by atoms with van der Waals surface area (Å²) >= 11 is 0. The van der Waals surface area contributed by atoms with Gasteiger partial charge in [0.15, 0.2) is 5.78 Å². The first-order chi connectivity index (χ1) is 9.56. The molecular weight excluding hydrogens is 253 g/mol. The topological polar surface area (TPSA) is 40.9 Å². The van der Waals surface area contributed by atoms with Gasteiger partial charge in [-0.1, -0.05) is 36.4 Å². The van der Waals surface area contributed by atoms with Crippen molar-refractivity contribution in [3.63, 3.8) is 0 Å². The molecule has 0 bridgehead atoms. The summed E-state index contributed by atoms with van der Waals surface area (Å²) in [4.78, 5) is 12.5. The standard InChI is InChI=1S/C17H14FNO/c1-11-6-5-8-13(12(11)2)17(20)15(10-19)14-7-3-4-9-16(14)18/h3-9,15H,1-2H3. The average molecular weight is 267 g/mol. The maximum Gasteiger partial charge on any atom is 0.184 e. The molecule has 0 saturated carbocycles. The lowest BCUT2D eigenvalue weighted by atomic mass is 9.88. The predicted octanol–water partition coefficient (Wildman–Crippen LogP) is 3.93. The number of Topliss-reactive ketones (excluding diaryl/α,β-unsaturated/α-hetero) is 1. The minimum absolute atomic E-state index is 0.126. The Morgan fingerprint density at radius 1 is 1.15 bits per heavy atom. The Morgan fingerprint density at radius 3 is 2.50 bits per heavy atom. The highest BCUT2D eigenvalue weighted by Gasteiger charge is 2.25. The van der Waals surface area contributed by atoms with Gasteiger partial charge in [0.25, 0.3) is 0 Å². The molecule has 0 heterocycles. The molecule has 0 fully saturated rings. The van der Waals surface area contributed by atoms with E-state index in [1.54, 1.807) is 18.2 Å². The van der Waals surface area contributed by atoms with Crippen LogP contribution in [0.1, 0.15) is 33.0 Å². The van der Waals surface area contributed by atoms with E-state index in [2.05, 4.69) is 0 Å². The van der Waals surface area contributed by atoms with Crippen LogP contribution in [0.5, 0.6) is 0 Å². The van der Waals surface area contributed by atoms with E-state index in [1.807, 2.05) is 26.0 Å². The molecule has 0 radical (unpaired) electrons. The number of carbonyl (C=O) groups excluding carboxylic acids is 1. The number of hydrogen-bond donors (Lipinski definition) is 0. The molecule has 0 aliphatic rings. The summed E-state index contributed by atoms with van der Waals surface area (Å²) < 4.78 is 13.8. The van der Waals surface area contributed by atoms with Gasteiger partial charge in [-0.2, -0.15) is 5.26 Å². The monoisotopic (exact) mass is 267 g/mol. The smallest absolute Gasteiger partial charge is 0.184 e. The first-order valence-corrected chi connectivity index (χ1v) is 6.30. The maximum absolute atomic E-state index is 13.8. The molecule has 2 aromatic carbocycles. The summed E-state index contributed by atoms with van der Waals surface area (Å²) in [5, 5.41) is 9.26. The first-order valence-electron chi connectivity index (χ1n) is 6.30. The van der Waals surface area contributed by atoms with E-state index < -0.39 is 11.7 Å². The second-order valence-electron chi connectivity index (χ2n) is 4.70. The summed E-state index contributed by atoms with van der Waals surface area (Å²) in [6.07, 6.45) is 0. The zero-order valence-corrected chi connectivity index (χ0v) is 11.4. The Hall–Kier alpha value is -2.47.